The first-order chi connectivity index (χ1) is 8.99. The minimum Gasteiger partial charge on any atom is -0.388 e. The van der Waals surface area contributed by atoms with Gasteiger partial charge in [0, 0.05) is 6.42 Å². The highest BCUT2D eigenvalue weighted by molar-refractivity contribution is 6.42. The smallest absolute Gasteiger partial charge is 0.142 e. The molecule has 2 rings (SSSR count). The van der Waals surface area contributed by atoms with Gasteiger partial charge in [-0.3, -0.25) is 0 Å². The van der Waals surface area contributed by atoms with E-state index in [1.807, 2.05) is 0 Å². The monoisotopic (exact) mass is 318 g/mol. The second-order valence-electron chi connectivity index (χ2n) is 4.11. The first-order valence-electron chi connectivity index (χ1n) is 5.55. The Labute approximate surface area is 125 Å². The molecule has 0 saturated carbocycles. The molecule has 0 fully saturated rings. The van der Waals surface area contributed by atoms with Crippen molar-refractivity contribution in [2.24, 2.45) is 0 Å². The van der Waals surface area contributed by atoms with Crippen molar-refractivity contribution >= 4 is 34.8 Å². The lowest BCUT2D eigenvalue weighted by molar-refractivity contribution is 0.178. The van der Waals surface area contributed by atoms with E-state index < -0.39 is 11.9 Å². The highest BCUT2D eigenvalue weighted by Crippen LogP contribution is 2.29. The predicted molar refractivity (Wildman–Crippen MR) is 76.5 cm³/mol. The minimum atomic E-state index is -0.825. The largest absolute Gasteiger partial charge is 0.388 e. The third kappa shape index (κ3) is 3.40. The molecule has 1 atom stereocenters. The van der Waals surface area contributed by atoms with Crippen LogP contribution in [0, 0.1) is 5.82 Å². The fourth-order valence-electron chi connectivity index (χ4n) is 1.75. The van der Waals surface area contributed by atoms with Crippen LogP contribution >= 0.6 is 34.8 Å². The third-order valence-electron chi connectivity index (χ3n) is 2.77. The molecule has 2 aromatic rings. The van der Waals surface area contributed by atoms with E-state index in [2.05, 4.69) is 0 Å². The summed E-state index contributed by atoms with van der Waals surface area (Å²) in [5.41, 5.74) is 1.15. The van der Waals surface area contributed by atoms with Crippen molar-refractivity contribution in [1.82, 2.24) is 0 Å². The van der Waals surface area contributed by atoms with Crippen molar-refractivity contribution in [3.8, 4) is 0 Å². The highest BCUT2D eigenvalue weighted by atomic mass is 35.5. The molecule has 0 amide bonds. The molecular formula is C14H10Cl3FO. The molecular weight excluding hydrogens is 310 g/mol. The Hall–Kier alpha value is -0.800. The van der Waals surface area contributed by atoms with Gasteiger partial charge in [0.1, 0.15) is 5.82 Å². The quantitative estimate of drug-likeness (QED) is 0.838. The van der Waals surface area contributed by atoms with Gasteiger partial charge in [-0.05, 0) is 29.3 Å². The second-order valence-corrected chi connectivity index (χ2v) is 5.30. The first-order valence-corrected chi connectivity index (χ1v) is 6.68. The van der Waals surface area contributed by atoms with E-state index in [1.165, 1.54) is 6.07 Å². The van der Waals surface area contributed by atoms with Crippen LogP contribution in [0.15, 0.2) is 36.4 Å². The van der Waals surface area contributed by atoms with E-state index in [-0.39, 0.29) is 11.4 Å². The Morgan fingerprint density at radius 1 is 1.05 bits per heavy atom. The van der Waals surface area contributed by atoms with Gasteiger partial charge in [-0.25, -0.2) is 4.39 Å². The molecule has 1 nitrogen and oxygen atoms in total. The number of rotatable bonds is 3. The number of aliphatic hydroxyl groups excluding tert-OH is 1. The van der Waals surface area contributed by atoms with Gasteiger partial charge in [0.25, 0.3) is 0 Å². The zero-order valence-corrected chi connectivity index (χ0v) is 12.0. The lowest BCUT2D eigenvalue weighted by Crippen LogP contribution is -2.03. The Bertz CT molecular complexity index is 601. The number of benzene rings is 2. The summed E-state index contributed by atoms with van der Waals surface area (Å²) in [5, 5.41) is 10.9. The van der Waals surface area contributed by atoms with Crippen LogP contribution in [0.3, 0.4) is 0 Å². The molecule has 1 N–H and O–H groups in total. The normalized spacial score (nSPS) is 12.5. The molecule has 0 aromatic heterocycles. The molecule has 2 aromatic carbocycles. The lowest BCUT2D eigenvalue weighted by atomic mass is 10.0. The SMILES string of the molecule is OC(Cc1cccc(F)c1Cl)c1ccc(Cl)c(Cl)c1. The molecule has 0 radical (unpaired) electrons. The summed E-state index contributed by atoms with van der Waals surface area (Å²) in [4.78, 5) is 0. The molecule has 5 heteroatoms. The van der Waals surface area contributed by atoms with Gasteiger partial charge in [-0.15, -0.1) is 0 Å². The molecule has 100 valence electrons. The van der Waals surface area contributed by atoms with Gasteiger partial charge < -0.3 is 5.11 Å². The number of hydrogen-bond donors (Lipinski definition) is 1. The summed E-state index contributed by atoms with van der Waals surface area (Å²) in [7, 11) is 0. The average Bonchev–Trinajstić information content (AvgIpc) is 2.38. The van der Waals surface area contributed by atoms with Crippen molar-refractivity contribution in [1.29, 1.82) is 0 Å². The molecule has 0 bridgehead atoms. The maximum Gasteiger partial charge on any atom is 0.142 e. The summed E-state index contributed by atoms with van der Waals surface area (Å²) >= 11 is 17.5. The Balaban J connectivity index is 2.23. The van der Waals surface area contributed by atoms with Gasteiger partial charge in [0.05, 0.1) is 21.2 Å². The fourth-order valence-corrected chi connectivity index (χ4v) is 2.26. The van der Waals surface area contributed by atoms with Crippen LogP contribution < -0.4 is 0 Å². The van der Waals surface area contributed by atoms with E-state index in [0.717, 1.165) is 0 Å². The Kier molecular flexibility index (Phi) is 4.69. The topological polar surface area (TPSA) is 20.2 Å². The maximum absolute atomic E-state index is 13.3. The van der Waals surface area contributed by atoms with Crippen LogP contribution in [-0.2, 0) is 6.42 Å². The summed E-state index contributed by atoms with van der Waals surface area (Å²) in [6.07, 6.45) is -0.622. The van der Waals surface area contributed by atoms with Crippen molar-refractivity contribution in [3.63, 3.8) is 0 Å². The van der Waals surface area contributed by atoms with Crippen LogP contribution in [0.5, 0.6) is 0 Å². The molecule has 1 unspecified atom stereocenters. The van der Waals surface area contributed by atoms with Gasteiger partial charge in [-0.1, -0.05) is 53.0 Å². The van der Waals surface area contributed by atoms with E-state index >= 15 is 0 Å². The second kappa shape index (κ2) is 6.10. The molecule has 0 spiro atoms. The fraction of sp³-hybridized carbons (Fsp3) is 0.143. The molecule has 0 heterocycles. The van der Waals surface area contributed by atoms with E-state index in [4.69, 9.17) is 34.8 Å². The van der Waals surface area contributed by atoms with Crippen LogP contribution in [-0.4, -0.2) is 5.11 Å². The van der Waals surface area contributed by atoms with Crippen molar-refractivity contribution in [2.75, 3.05) is 0 Å². The molecule has 0 aliphatic heterocycles. The first kappa shape index (κ1) is 14.6. The maximum atomic E-state index is 13.3. The summed E-state index contributed by atoms with van der Waals surface area (Å²) in [6.45, 7) is 0. The van der Waals surface area contributed by atoms with Crippen LogP contribution in [0.4, 0.5) is 4.39 Å². The van der Waals surface area contributed by atoms with Crippen LogP contribution in [0.25, 0.3) is 0 Å². The van der Waals surface area contributed by atoms with Crippen molar-refractivity contribution < 1.29 is 9.50 Å². The van der Waals surface area contributed by atoms with Crippen molar-refractivity contribution in [2.45, 2.75) is 12.5 Å². The third-order valence-corrected chi connectivity index (χ3v) is 3.94. The molecule has 0 aliphatic rings. The standard InChI is InChI=1S/C14H10Cl3FO/c15-10-5-4-8(6-11(10)16)13(19)7-9-2-1-3-12(18)14(9)17/h1-6,13,19H,7H2. The summed E-state index contributed by atoms with van der Waals surface area (Å²) in [5.74, 6) is -0.500. The predicted octanol–water partition coefficient (Wildman–Crippen LogP) is 5.06. The van der Waals surface area contributed by atoms with Gasteiger partial charge >= 0.3 is 0 Å². The average molecular weight is 320 g/mol. The minimum absolute atomic E-state index is 0.0293. The van der Waals surface area contributed by atoms with Crippen LogP contribution in [0.2, 0.25) is 15.1 Å². The molecule has 0 aliphatic carbocycles. The number of hydrogen-bond acceptors (Lipinski definition) is 1. The zero-order valence-electron chi connectivity index (χ0n) is 9.71. The van der Waals surface area contributed by atoms with Gasteiger partial charge in [0.15, 0.2) is 0 Å². The highest BCUT2D eigenvalue weighted by Gasteiger charge is 2.14. The van der Waals surface area contributed by atoms with Crippen molar-refractivity contribution in [3.05, 3.63) is 68.4 Å². The van der Waals surface area contributed by atoms with E-state index in [1.54, 1.807) is 30.3 Å². The van der Waals surface area contributed by atoms with Crippen LogP contribution in [0.1, 0.15) is 17.2 Å². The number of halogens is 4. The number of aliphatic hydroxyl groups is 1. The lowest BCUT2D eigenvalue weighted by Gasteiger charge is -2.13. The van der Waals surface area contributed by atoms with Gasteiger partial charge in [0.2, 0.25) is 0 Å². The molecule has 19 heavy (non-hydrogen) atoms. The Morgan fingerprint density at radius 3 is 2.47 bits per heavy atom. The molecule has 0 saturated heterocycles. The summed E-state index contributed by atoms with van der Waals surface area (Å²) in [6, 6.07) is 9.37. The van der Waals surface area contributed by atoms with E-state index in [0.29, 0.717) is 21.2 Å². The van der Waals surface area contributed by atoms with Gasteiger partial charge in [-0.2, -0.15) is 0 Å². The summed E-state index contributed by atoms with van der Waals surface area (Å²) < 4.78 is 13.3. The van der Waals surface area contributed by atoms with E-state index in [9.17, 15) is 9.50 Å². The Morgan fingerprint density at radius 2 is 1.79 bits per heavy atom. The zero-order chi connectivity index (χ0) is 14.0.